The van der Waals surface area contributed by atoms with E-state index < -0.39 is 27.9 Å². The third-order valence-corrected chi connectivity index (χ3v) is 4.86. The van der Waals surface area contributed by atoms with Crippen molar-refractivity contribution in [2.24, 2.45) is 0 Å². The van der Waals surface area contributed by atoms with Gasteiger partial charge in [-0.15, -0.1) is 9.35 Å². The maximum atomic E-state index is 12.3. The van der Waals surface area contributed by atoms with Crippen molar-refractivity contribution < 1.29 is 37.3 Å². The first-order valence-electron chi connectivity index (χ1n) is 7.15. The van der Waals surface area contributed by atoms with E-state index in [2.05, 4.69) is 4.28 Å². The molecule has 0 saturated heterocycles. The van der Waals surface area contributed by atoms with Crippen LogP contribution in [-0.2, 0) is 21.0 Å². The van der Waals surface area contributed by atoms with Gasteiger partial charge in [-0.1, -0.05) is 12.1 Å². The van der Waals surface area contributed by atoms with Crippen LogP contribution in [0.25, 0.3) is 0 Å². The lowest BCUT2D eigenvalue weighted by Gasteiger charge is -2.13. The molecule has 2 aromatic carbocycles. The molecule has 9 nitrogen and oxygen atoms in total. The number of benzene rings is 2. The number of rotatable bonds is 5. The molecule has 1 aliphatic heterocycles. The summed E-state index contributed by atoms with van der Waals surface area (Å²) in [7, 11) is -4.49. The second-order valence-electron chi connectivity index (χ2n) is 5.30. The molecular weight excluding hydrogens is 366 g/mol. The van der Waals surface area contributed by atoms with Gasteiger partial charge < -0.3 is 10.2 Å². The molecule has 0 radical (unpaired) electrons. The molecule has 1 heterocycles. The minimum atomic E-state index is -4.49. The Balaban J connectivity index is 1.91. The highest BCUT2D eigenvalue weighted by molar-refractivity contribution is 7.86. The smallest absolute Gasteiger partial charge is 0.335 e. The lowest BCUT2D eigenvalue weighted by molar-refractivity contribution is -0.0103. The quantitative estimate of drug-likeness (QED) is 0.730. The molecular formula is C16H11NO8S. The highest BCUT2D eigenvalue weighted by Crippen LogP contribution is 2.27. The highest BCUT2D eigenvalue weighted by atomic mass is 32.2. The highest BCUT2D eigenvalue weighted by Gasteiger charge is 2.40. The fourth-order valence-corrected chi connectivity index (χ4v) is 3.21. The standard InChI is InChI=1S/C16H11NO8S/c18-8-9-1-4-11(5-2-9)26(23,24)25-17-14(19)12-6-3-10(16(21)22)7-13(12)15(17)20/h1-7,18H,8H2,(H,21,22). The molecule has 0 saturated carbocycles. The monoisotopic (exact) mass is 377 g/mol. The zero-order valence-corrected chi connectivity index (χ0v) is 13.8. The normalized spacial score (nSPS) is 13.8. The first kappa shape index (κ1) is 17.7. The molecule has 0 spiro atoms. The van der Waals surface area contributed by atoms with E-state index in [1.54, 1.807) is 0 Å². The van der Waals surface area contributed by atoms with Gasteiger partial charge >= 0.3 is 16.1 Å². The van der Waals surface area contributed by atoms with Crippen LogP contribution in [0.15, 0.2) is 47.4 Å². The predicted octanol–water partition coefficient (Wildman–Crippen LogP) is 0.794. The average molecular weight is 377 g/mol. The molecule has 0 fully saturated rings. The Labute approximate surface area is 147 Å². The molecule has 0 bridgehead atoms. The van der Waals surface area contributed by atoms with Crippen molar-refractivity contribution in [2.75, 3.05) is 0 Å². The summed E-state index contributed by atoms with van der Waals surface area (Å²) in [4.78, 5) is 35.2. The van der Waals surface area contributed by atoms with Gasteiger partial charge in [0.2, 0.25) is 0 Å². The van der Waals surface area contributed by atoms with E-state index in [-0.39, 0.29) is 33.3 Å². The molecule has 1 aliphatic rings. The van der Waals surface area contributed by atoms with Crippen molar-refractivity contribution in [1.29, 1.82) is 0 Å². The average Bonchev–Trinajstić information content (AvgIpc) is 2.86. The number of imide groups is 1. The molecule has 0 atom stereocenters. The van der Waals surface area contributed by atoms with Crippen molar-refractivity contribution in [3.63, 3.8) is 0 Å². The number of carbonyl (C=O) groups is 3. The number of hydroxylamine groups is 2. The summed E-state index contributed by atoms with van der Waals surface area (Å²) in [6, 6.07) is 8.21. The lowest BCUT2D eigenvalue weighted by Crippen LogP contribution is -2.32. The number of hydrogen-bond acceptors (Lipinski definition) is 7. The molecule has 10 heteroatoms. The van der Waals surface area contributed by atoms with Crippen molar-refractivity contribution in [1.82, 2.24) is 5.06 Å². The van der Waals surface area contributed by atoms with E-state index in [0.29, 0.717) is 5.56 Å². The Morgan fingerprint density at radius 3 is 2.19 bits per heavy atom. The van der Waals surface area contributed by atoms with Gasteiger partial charge in [0.25, 0.3) is 11.8 Å². The van der Waals surface area contributed by atoms with Crippen LogP contribution in [0.1, 0.15) is 36.6 Å². The first-order chi connectivity index (χ1) is 12.2. The van der Waals surface area contributed by atoms with Gasteiger partial charge in [-0.3, -0.25) is 9.59 Å². The van der Waals surface area contributed by atoms with Crippen LogP contribution in [0.3, 0.4) is 0 Å². The van der Waals surface area contributed by atoms with E-state index in [0.717, 1.165) is 30.3 Å². The maximum absolute atomic E-state index is 12.3. The molecule has 2 amide bonds. The second-order valence-corrected chi connectivity index (χ2v) is 6.83. The van der Waals surface area contributed by atoms with Crippen molar-refractivity contribution >= 4 is 27.9 Å². The molecule has 2 aromatic rings. The number of carboxylic acid groups (broad SMARTS) is 1. The summed E-state index contributed by atoms with van der Waals surface area (Å²) in [5.41, 5.74) is -0.188. The number of aliphatic hydroxyl groups excluding tert-OH is 1. The predicted molar refractivity (Wildman–Crippen MR) is 84.5 cm³/mol. The van der Waals surface area contributed by atoms with Gasteiger partial charge in [0.1, 0.15) is 0 Å². The summed E-state index contributed by atoms with van der Waals surface area (Å²) in [5.74, 6) is -3.40. The lowest BCUT2D eigenvalue weighted by atomic mass is 10.1. The Morgan fingerprint density at radius 2 is 1.62 bits per heavy atom. The molecule has 134 valence electrons. The third-order valence-electron chi connectivity index (χ3n) is 3.66. The molecule has 0 unspecified atom stereocenters. The number of fused-ring (bicyclic) bond motifs is 1. The number of aliphatic hydroxyl groups is 1. The Bertz CT molecular complexity index is 1030. The Kier molecular flexibility index (Phi) is 4.32. The van der Waals surface area contributed by atoms with E-state index in [1.165, 1.54) is 12.1 Å². The van der Waals surface area contributed by atoms with Gasteiger partial charge in [0, 0.05) is 0 Å². The minimum Gasteiger partial charge on any atom is -0.478 e. The number of carbonyl (C=O) groups excluding carboxylic acids is 2. The van der Waals surface area contributed by atoms with Crippen molar-refractivity contribution in [3.05, 3.63) is 64.7 Å². The Hall–Kier alpha value is -3.08. The molecule has 0 aliphatic carbocycles. The summed E-state index contributed by atoms with van der Waals surface area (Å²) < 4.78 is 29.2. The zero-order valence-electron chi connectivity index (χ0n) is 12.9. The van der Waals surface area contributed by atoms with Crippen LogP contribution in [0.2, 0.25) is 0 Å². The van der Waals surface area contributed by atoms with Crippen LogP contribution in [0.5, 0.6) is 0 Å². The fraction of sp³-hybridized carbons (Fsp3) is 0.0625. The van der Waals surface area contributed by atoms with E-state index >= 15 is 0 Å². The topological polar surface area (TPSA) is 138 Å². The van der Waals surface area contributed by atoms with Crippen LogP contribution >= 0.6 is 0 Å². The second kappa shape index (κ2) is 6.33. The number of amides is 2. The largest absolute Gasteiger partial charge is 0.478 e. The molecule has 26 heavy (non-hydrogen) atoms. The van der Waals surface area contributed by atoms with E-state index in [9.17, 15) is 22.8 Å². The van der Waals surface area contributed by atoms with Gasteiger partial charge in [0.05, 0.1) is 28.2 Å². The minimum absolute atomic E-state index is 0.0750. The van der Waals surface area contributed by atoms with Crippen LogP contribution in [0, 0.1) is 0 Å². The number of aromatic carboxylic acids is 1. The van der Waals surface area contributed by atoms with Crippen LogP contribution in [-0.4, -0.2) is 41.5 Å². The van der Waals surface area contributed by atoms with Gasteiger partial charge in [0.15, 0.2) is 0 Å². The SMILES string of the molecule is O=C(O)c1ccc2c(c1)C(=O)N(OS(=O)(=O)c1ccc(CO)cc1)C2=O. The molecule has 0 aromatic heterocycles. The van der Waals surface area contributed by atoms with E-state index in [1.807, 2.05) is 0 Å². The van der Waals surface area contributed by atoms with Gasteiger partial charge in [-0.05, 0) is 35.9 Å². The maximum Gasteiger partial charge on any atom is 0.335 e. The van der Waals surface area contributed by atoms with Crippen molar-refractivity contribution in [3.8, 4) is 0 Å². The van der Waals surface area contributed by atoms with Gasteiger partial charge in [-0.2, -0.15) is 8.42 Å². The summed E-state index contributed by atoms with van der Waals surface area (Å²) in [6.07, 6.45) is 0. The number of nitrogens with zero attached hydrogens (tertiary/aromatic N) is 1. The Morgan fingerprint density at radius 1 is 1.00 bits per heavy atom. The van der Waals surface area contributed by atoms with Crippen LogP contribution < -0.4 is 0 Å². The zero-order chi connectivity index (χ0) is 19.1. The fourth-order valence-electron chi connectivity index (χ4n) is 2.32. The summed E-state index contributed by atoms with van der Waals surface area (Å²) in [6.45, 7) is -0.286. The van der Waals surface area contributed by atoms with Crippen LogP contribution in [0.4, 0.5) is 0 Å². The van der Waals surface area contributed by atoms with E-state index in [4.69, 9.17) is 10.2 Å². The first-order valence-corrected chi connectivity index (χ1v) is 8.56. The van der Waals surface area contributed by atoms with Crippen molar-refractivity contribution in [2.45, 2.75) is 11.5 Å². The summed E-state index contributed by atoms with van der Waals surface area (Å²) in [5, 5.41) is 18.0. The number of carboxylic acids is 1. The number of hydrogen-bond donors (Lipinski definition) is 2. The van der Waals surface area contributed by atoms with Gasteiger partial charge in [-0.25, -0.2) is 4.79 Å². The third kappa shape index (κ3) is 2.96. The molecule has 2 N–H and O–H groups in total. The molecule has 3 rings (SSSR count). The summed E-state index contributed by atoms with van der Waals surface area (Å²) >= 11 is 0.